The zero-order chi connectivity index (χ0) is 17.8. The van der Waals surface area contributed by atoms with Crippen LogP contribution in [-0.4, -0.2) is 23.2 Å². The van der Waals surface area contributed by atoms with Crippen LogP contribution >= 0.6 is 11.8 Å². The number of thioether (sulfide) groups is 1. The Morgan fingerprint density at radius 3 is 2.96 bits per heavy atom. The zero-order valence-electron chi connectivity index (χ0n) is 13.9. The number of carbonyl (C=O) groups is 1. The highest BCUT2D eigenvalue weighted by Crippen LogP contribution is 2.35. The molecule has 0 saturated carbocycles. The van der Waals surface area contributed by atoms with Gasteiger partial charge in [-0.3, -0.25) is 14.8 Å². The number of amidine groups is 1. The lowest BCUT2D eigenvalue weighted by molar-refractivity contribution is -0.118. The molecule has 130 valence electrons. The minimum absolute atomic E-state index is 0.140. The predicted molar refractivity (Wildman–Crippen MR) is 95.7 cm³/mol. The number of halogens is 1. The quantitative estimate of drug-likeness (QED) is 0.889. The summed E-state index contributed by atoms with van der Waals surface area (Å²) in [5.74, 6) is -0.442. The number of benzene rings is 1. The van der Waals surface area contributed by atoms with E-state index in [9.17, 15) is 9.18 Å². The molecule has 1 aromatic heterocycles. The van der Waals surface area contributed by atoms with Crippen LogP contribution in [0.15, 0.2) is 47.6 Å². The number of amides is 1. The van der Waals surface area contributed by atoms with Gasteiger partial charge in [0.1, 0.15) is 11.1 Å². The largest absolute Gasteiger partial charge is 0.378 e. The van der Waals surface area contributed by atoms with Crippen molar-refractivity contribution in [2.75, 3.05) is 7.11 Å². The van der Waals surface area contributed by atoms with Gasteiger partial charge in [-0.05, 0) is 30.7 Å². The Kier molecular flexibility index (Phi) is 5.45. The number of pyridine rings is 1. The maximum atomic E-state index is 13.9. The van der Waals surface area contributed by atoms with Gasteiger partial charge in [0.15, 0.2) is 5.17 Å². The third kappa shape index (κ3) is 4.05. The van der Waals surface area contributed by atoms with Crippen molar-refractivity contribution < 1.29 is 13.9 Å². The Morgan fingerprint density at radius 2 is 2.20 bits per heavy atom. The standard InChI is InChI=1S/C18H18FN3O2S/c1-11(14-5-3-4-6-15(14)19)21-18-22-17(23)16(25-18)12-7-8-20-13(9-12)10-24-2/h3-9,11,16H,10H2,1-2H3,(H,21,22,23)/t11-,16?/m0/s1. The van der Waals surface area contributed by atoms with Crippen LogP contribution < -0.4 is 5.32 Å². The number of ether oxygens (including phenoxy) is 1. The SMILES string of the molecule is COCc1cc(C2SC(=N[C@@H](C)c3ccccc3F)NC2=O)ccn1. The van der Waals surface area contributed by atoms with Crippen LogP contribution in [-0.2, 0) is 16.1 Å². The molecule has 2 atom stereocenters. The third-order valence-electron chi connectivity index (χ3n) is 3.80. The lowest BCUT2D eigenvalue weighted by atomic mass is 10.1. The molecule has 1 saturated heterocycles. The number of hydrogen-bond donors (Lipinski definition) is 1. The fourth-order valence-electron chi connectivity index (χ4n) is 2.59. The van der Waals surface area contributed by atoms with E-state index in [1.807, 2.05) is 6.07 Å². The van der Waals surface area contributed by atoms with Crippen LogP contribution in [0, 0.1) is 5.82 Å². The molecule has 7 heteroatoms. The molecule has 0 spiro atoms. The number of rotatable bonds is 5. The van der Waals surface area contributed by atoms with Crippen molar-refractivity contribution in [1.82, 2.24) is 10.3 Å². The van der Waals surface area contributed by atoms with Gasteiger partial charge in [0, 0.05) is 18.9 Å². The molecule has 1 aliphatic rings. The maximum absolute atomic E-state index is 13.9. The second-order valence-corrected chi connectivity index (χ2v) is 6.73. The average Bonchev–Trinajstić information content (AvgIpc) is 2.96. The average molecular weight is 359 g/mol. The first-order valence-corrected chi connectivity index (χ1v) is 8.70. The van der Waals surface area contributed by atoms with E-state index < -0.39 is 5.25 Å². The second-order valence-electron chi connectivity index (χ2n) is 5.63. The van der Waals surface area contributed by atoms with Gasteiger partial charge in [0.2, 0.25) is 5.91 Å². The summed E-state index contributed by atoms with van der Waals surface area (Å²) in [4.78, 5) is 21.0. The molecule has 2 aromatic rings. The molecule has 3 rings (SSSR count). The van der Waals surface area contributed by atoms with E-state index >= 15 is 0 Å². The molecule has 25 heavy (non-hydrogen) atoms. The van der Waals surface area contributed by atoms with Gasteiger partial charge in [-0.2, -0.15) is 0 Å². The molecule has 0 aliphatic carbocycles. The van der Waals surface area contributed by atoms with Gasteiger partial charge in [0.25, 0.3) is 0 Å². The molecule has 1 N–H and O–H groups in total. The number of aromatic nitrogens is 1. The molecule has 2 heterocycles. The van der Waals surface area contributed by atoms with E-state index in [0.717, 1.165) is 11.3 Å². The maximum Gasteiger partial charge on any atom is 0.244 e. The number of nitrogens with zero attached hydrogens (tertiary/aromatic N) is 2. The van der Waals surface area contributed by atoms with Gasteiger partial charge in [-0.25, -0.2) is 4.39 Å². The lowest BCUT2D eigenvalue weighted by Crippen LogP contribution is -2.22. The fourth-order valence-corrected chi connectivity index (χ4v) is 3.64. The third-order valence-corrected chi connectivity index (χ3v) is 4.95. The van der Waals surface area contributed by atoms with E-state index in [1.165, 1.54) is 17.8 Å². The van der Waals surface area contributed by atoms with Crippen LogP contribution in [0.4, 0.5) is 4.39 Å². The highest BCUT2D eigenvalue weighted by molar-refractivity contribution is 8.15. The van der Waals surface area contributed by atoms with Gasteiger partial charge >= 0.3 is 0 Å². The Labute approximate surface area is 149 Å². The Morgan fingerprint density at radius 1 is 1.40 bits per heavy atom. The van der Waals surface area contributed by atoms with Crippen molar-refractivity contribution in [2.45, 2.75) is 24.8 Å². The summed E-state index contributed by atoms with van der Waals surface area (Å²) in [6.45, 7) is 2.19. The minimum atomic E-state index is -0.398. The molecule has 1 aromatic carbocycles. The Hall–Kier alpha value is -2.25. The van der Waals surface area contributed by atoms with Crippen molar-refractivity contribution in [1.29, 1.82) is 0 Å². The molecular weight excluding hydrogens is 341 g/mol. The molecule has 0 radical (unpaired) electrons. The number of nitrogens with one attached hydrogen (secondary N) is 1. The molecule has 0 bridgehead atoms. The first kappa shape index (κ1) is 17.6. The van der Waals surface area contributed by atoms with E-state index in [2.05, 4.69) is 15.3 Å². The van der Waals surface area contributed by atoms with Gasteiger partial charge in [-0.1, -0.05) is 30.0 Å². The predicted octanol–water partition coefficient (Wildman–Crippen LogP) is 3.39. The molecule has 1 fully saturated rings. The van der Waals surface area contributed by atoms with Crippen molar-refractivity contribution >= 4 is 22.8 Å². The first-order chi connectivity index (χ1) is 12.1. The second kappa shape index (κ2) is 7.76. The van der Waals surface area contributed by atoms with Crippen LogP contribution in [0.3, 0.4) is 0 Å². The molecule has 1 unspecified atom stereocenters. The van der Waals surface area contributed by atoms with Crippen LogP contribution in [0.25, 0.3) is 0 Å². The number of hydrogen-bond acceptors (Lipinski definition) is 5. The molecule has 5 nitrogen and oxygen atoms in total. The Balaban J connectivity index is 1.78. The van der Waals surface area contributed by atoms with Gasteiger partial charge < -0.3 is 10.1 Å². The van der Waals surface area contributed by atoms with Crippen LogP contribution in [0.1, 0.15) is 35.0 Å². The van der Waals surface area contributed by atoms with Crippen molar-refractivity contribution in [3.05, 3.63) is 65.2 Å². The summed E-state index contributed by atoms with van der Waals surface area (Å²) in [6, 6.07) is 9.79. The van der Waals surface area contributed by atoms with Gasteiger partial charge in [-0.15, -0.1) is 0 Å². The summed E-state index contributed by atoms with van der Waals surface area (Å²) in [6.07, 6.45) is 1.66. The highest BCUT2D eigenvalue weighted by atomic mass is 32.2. The molecule has 1 amide bonds. The van der Waals surface area contributed by atoms with E-state index in [0.29, 0.717) is 17.3 Å². The monoisotopic (exact) mass is 359 g/mol. The molecule has 1 aliphatic heterocycles. The summed E-state index contributed by atoms with van der Waals surface area (Å²) < 4.78 is 18.9. The van der Waals surface area contributed by atoms with Crippen LogP contribution in [0.2, 0.25) is 0 Å². The van der Waals surface area contributed by atoms with Gasteiger partial charge in [0.05, 0.1) is 18.3 Å². The van der Waals surface area contributed by atoms with Crippen LogP contribution in [0.5, 0.6) is 0 Å². The lowest BCUT2D eigenvalue weighted by Gasteiger charge is -2.09. The number of aliphatic imine (C=N–C) groups is 1. The fraction of sp³-hybridized carbons (Fsp3) is 0.278. The number of carbonyl (C=O) groups excluding carboxylic acids is 1. The highest BCUT2D eigenvalue weighted by Gasteiger charge is 2.32. The topological polar surface area (TPSA) is 63.6 Å². The first-order valence-electron chi connectivity index (χ1n) is 7.82. The number of methoxy groups -OCH3 is 1. The van der Waals surface area contributed by atoms with Crippen molar-refractivity contribution in [2.24, 2.45) is 4.99 Å². The zero-order valence-corrected chi connectivity index (χ0v) is 14.7. The summed E-state index contributed by atoms with van der Waals surface area (Å²) in [5.41, 5.74) is 2.10. The van der Waals surface area contributed by atoms with E-state index in [-0.39, 0.29) is 17.8 Å². The summed E-state index contributed by atoms with van der Waals surface area (Å²) in [5, 5.41) is 2.87. The molecular formula is C18H18FN3O2S. The van der Waals surface area contributed by atoms with E-state index in [4.69, 9.17) is 4.74 Å². The van der Waals surface area contributed by atoms with Crippen molar-refractivity contribution in [3.63, 3.8) is 0 Å². The summed E-state index contributed by atoms with van der Waals surface area (Å²) >= 11 is 1.33. The minimum Gasteiger partial charge on any atom is -0.378 e. The van der Waals surface area contributed by atoms with Crippen molar-refractivity contribution in [3.8, 4) is 0 Å². The smallest absolute Gasteiger partial charge is 0.244 e. The normalized spacial score (nSPS) is 19.9. The Bertz CT molecular complexity index is 812. The van der Waals surface area contributed by atoms with E-state index in [1.54, 1.807) is 44.5 Å². The summed E-state index contributed by atoms with van der Waals surface area (Å²) in [7, 11) is 1.60.